The minimum atomic E-state index is -0.645. The van der Waals surface area contributed by atoms with E-state index >= 15 is 0 Å². The predicted molar refractivity (Wildman–Crippen MR) is 94.9 cm³/mol. The fraction of sp³-hybridized carbons (Fsp3) is 0.200. The molecule has 3 aromatic rings. The van der Waals surface area contributed by atoms with Crippen molar-refractivity contribution in [3.8, 4) is 11.3 Å². The van der Waals surface area contributed by atoms with Gasteiger partial charge in [-0.25, -0.2) is 10.0 Å². The van der Waals surface area contributed by atoms with Gasteiger partial charge in [-0.05, 0) is 19.1 Å². The van der Waals surface area contributed by atoms with Gasteiger partial charge in [-0.15, -0.1) is 0 Å². The third-order valence-electron chi connectivity index (χ3n) is 4.32. The van der Waals surface area contributed by atoms with Crippen LogP contribution in [0.2, 0.25) is 0 Å². The predicted octanol–water partition coefficient (Wildman–Crippen LogP) is 2.96. The zero-order valence-electron chi connectivity index (χ0n) is 13.8. The average Bonchev–Trinajstić information content (AvgIpc) is 3.07. The number of aliphatic hydroxyl groups is 1. The van der Waals surface area contributed by atoms with Crippen molar-refractivity contribution in [3.63, 3.8) is 0 Å². The van der Waals surface area contributed by atoms with E-state index in [1.807, 2.05) is 55.5 Å². The molecule has 1 aliphatic rings. The lowest BCUT2D eigenvalue weighted by atomic mass is 10.0. The number of amides is 1. The Kier molecular flexibility index (Phi) is 3.95. The molecule has 1 amide bonds. The summed E-state index contributed by atoms with van der Waals surface area (Å²) in [6.45, 7) is 2.34. The normalized spacial score (nSPS) is 17.2. The number of carbonyl (C=O) groups is 1. The van der Waals surface area contributed by atoms with Crippen LogP contribution in [-0.4, -0.2) is 40.3 Å². The number of carbonyl (C=O) groups excluding carboxylic acids is 1. The first kappa shape index (κ1) is 15.7. The fourth-order valence-electron chi connectivity index (χ4n) is 2.97. The summed E-state index contributed by atoms with van der Waals surface area (Å²) >= 11 is 0. The van der Waals surface area contributed by atoms with Gasteiger partial charge in [0.2, 0.25) is 0 Å². The maximum Gasteiger partial charge on any atom is 0.278 e. The second kappa shape index (κ2) is 6.27. The molecule has 126 valence electrons. The van der Waals surface area contributed by atoms with Gasteiger partial charge in [0.25, 0.3) is 5.91 Å². The summed E-state index contributed by atoms with van der Waals surface area (Å²) in [6.07, 6.45) is -0.645. The molecule has 0 saturated carbocycles. The Bertz CT molecular complexity index is 937. The molecular weight excluding hydrogens is 316 g/mol. The highest BCUT2D eigenvalue weighted by Crippen LogP contribution is 2.26. The van der Waals surface area contributed by atoms with Gasteiger partial charge in [-0.2, -0.15) is 0 Å². The zero-order valence-corrected chi connectivity index (χ0v) is 13.8. The Balaban J connectivity index is 1.84. The Morgan fingerprint density at radius 1 is 1.20 bits per heavy atom. The van der Waals surface area contributed by atoms with E-state index in [-0.39, 0.29) is 19.1 Å². The van der Waals surface area contributed by atoms with Crippen LogP contribution in [0.4, 0.5) is 0 Å². The largest absolute Gasteiger partial charge is 0.389 e. The molecule has 0 aliphatic carbocycles. The van der Waals surface area contributed by atoms with Crippen LogP contribution in [0.3, 0.4) is 0 Å². The first-order valence-corrected chi connectivity index (χ1v) is 8.21. The first-order valence-electron chi connectivity index (χ1n) is 8.21. The van der Waals surface area contributed by atoms with Crippen LogP contribution >= 0.6 is 0 Å². The van der Waals surface area contributed by atoms with Crippen molar-refractivity contribution < 1.29 is 14.7 Å². The second-order valence-corrected chi connectivity index (χ2v) is 6.25. The number of para-hydroxylation sites is 1. The van der Waals surface area contributed by atoms with E-state index in [9.17, 15) is 9.90 Å². The Hall–Kier alpha value is -2.76. The molecule has 2 heterocycles. The van der Waals surface area contributed by atoms with Crippen LogP contribution in [0, 0.1) is 6.92 Å². The lowest BCUT2D eigenvalue weighted by molar-refractivity contribution is -0.0778. The number of benzene rings is 2. The minimum absolute atomic E-state index is 0.138. The quantitative estimate of drug-likeness (QED) is 0.783. The number of pyridine rings is 1. The monoisotopic (exact) mass is 334 g/mol. The van der Waals surface area contributed by atoms with E-state index in [1.54, 1.807) is 6.07 Å². The number of hydrogen-bond acceptors (Lipinski definition) is 4. The number of aryl methyl sites for hydroxylation is 1. The van der Waals surface area contributed by atoms with Crippen LogP contribution < -0.4 is 0 Å². The van der Waals surface area contributed by atoms with E-state index in [0.717, 1.165) is 22.2 Å². The molecular formula is C20H18N2O3. The molecule has 5 nitrogen and oxygen atoms in total. The number of β-amino-alcohol motifs (C(OH)–C–C–N with tert-alkyl or cyclic N) is 1. The fourth-order valence-corrected chi connectivity index (χ4v) is 2.97. The van der Waals surface area contributed by atoms with Crippen molar-refractivity contribution in [1.82, 2.24) is 10.0 Å². The molecule has 1 fully saturated rings. The Labute approximate surface area is 145 Å². The summed E-state index contributed by atoms with van der Waals surface area (Å²) in [5, 5.41) is 11.6. The summed E-state index contributed by atoms with van der Waals surface area (Å²) in [6, 6.07) is 17.4. The third-order valence-corrected chi connectivity index (χ3v) is 4.32. The first-order chi connectivity index (χ1) is 12.1. The average molecular weight is 334 g/mol. The maximum atomic E-state index is 12.9. The molecule has 0 bridgehead atoms. The van der Waals surface area contributed by atoms with Gasteiger partial charge in [-0.3, -0.25) is 9.63 Å². The number of nitrogens with zero attached hydrogens (tertiary/aromatic N) is 2. The van der Waals surface area contributed by atoms with Crippen LogP contribution in [0.15, 0.2) is 54.6 Å². The number of aliphatic hydroxyl groups excluding tert-OH is 1. The van der Waals surface area contributed by atoms with Crippen molar-refractivity contribution in [2.45, 2.75) is 13.0 Å². The summed E-state index contributed by atoms with van der Waals surface area (Å²) in [7, 11) is 0. The standard InChI is InChI=1S/C20H18N2O3/c1-13-6-8-14(9-7-13)19-10-17(16-4-2-3-5-18(16)21-19)20(24)22-11-15(23)12-25-22/h2-10,15,23H,11-12H2,1H3. The van der Waals surface area contributed by atoms with E-state index < -0.39 is 6.10 Å². The van der Waals surface area contributed by atoms with E-state index in [4.69, 9.17) is 9.82 Å². The Morgan fingerprint density at radius 2 is 1.96 bits per heavy atom. The summed E-state index contributed by atoms with van der Waals surface area (Å²) in [4.78, 5) is 22.9. The van der Waals surface area contributed by atoms with Crippen LogP contribution in [-0.2, 0) is 4.84 Å². The molecule has 1 saturated heterocycles. The molecule has 2 aromatic carbocycles. The minimum Gasteiger partial charge on any atom is -0.389 e. The van der Waals surface area contributed by atoms with Crippen molar-refractivity contribution in [2.75, 3.05) is 13.2 Å². The van der Waals surface area contributed by atoms with Crippen molar-refractivity contribution in [3.05, 3.63) is 65.7 Å². The molecule has 0 spiro atoms. The molecule has 1 unspecified atom stereocenters. The van der Waals surface area contributed by atoms with Gasteiger partial charge < -0.3 is 5.11 Å². The van der Waals surface area contributed by atoms with Crippen LogP contribution in [0.25, 0.3) is 22.2 Å². The summed E-state index contributed by atoms with van der Waals surface area (Å²) in [5.41, 5.74) is 4.13. The van der Waals surface area contributed by atoms with Gasteiger partial charge >= 0.3 is 0 Å². The number of fused-ring (bicyclic) bond motifs is 1. The van der Waals surface area contributed by atoms with Gasteiger partial charge in [0, 0.05) is 10.9 Å². The van der Waals surface area contributed by atoms with Crippen LogP contribution in [0.5, 0.6) is 0 Å². The number of hydrogen-bond donors (Lipinski definition) is 1. The van der Waals surface area contributed by atoms with Gasteiger partial charge in [-0.1, -0.05) is 48.0 Å². The number of rotatable bonds is 2. The second-order valence-electron chi connectivity index (χ2n) is 6.25. The molecule has 0 radical (unpaired) electrons. The van der Waals surface area contributed by atoms with E-state index in [2.05, 4.69) is 0 Å². The SMILES string of the molecule is Cc1ccc(-c2cc(C(=O)N3CC(O)CO3)c3ccccc3n2)cc1. The topological polar surface area (TPSA) is 62.7 Å². The van der Waals surface area contributed by atoms with Gasteiger partial charge in [0.15, 0.2) is 0 Å². The maximum absolute atomic E-state index is 12.9. The third kappa shape index (κ3) is 2.99. The van der Waals surface area contributed by atoms with Crippen molar-refractivity contribution >= 4 is 16.8 Å². The smallest absolute Gasteiger partial charge is 0.278 e. The molecule has 1 N–H and O–H groups in total. The lowest BCUT2D eigenvalue weighted by Crippen LogP contribution is -2.28. The molecule has 25 heavy (non-hydrogen) atoms. The van der Waals surface area contributed by atoms with Gasteiger partial charge in [0.05, 0.1) is 23.3 Å². The number of hydroxylamine groups is 2. The highest BCUT2D eigenvalue weighted by atomic mass is 16.7. The highest BCUT2D eigenvalue weighted by Gasteiger charge is 2.28. The van der Waals surface area contributed by atoms with Gasteiger partial charge in [0.1, 0.15) is 12.7 Å². The molecule has 1 atom stereocenters. The van der Waals surface area contributed by atoms with Crippen LogP contribution in [0.1, 0.15) is 15.9 Å². The molecule has 5 heteroatoms. The lowest BCUT2D eigenvalue weighted by Gasteiger charge is -2.16. The van der Waals surface area contributed by atoms with E-state index in [0.29, 0.717) is 5.56 Å². The molecule has 1 aliphatic heterocycles. The van der Waals surface area contributed by atoms with Crippen molar-refractivity contribution in [2.24, 2.45) is 0 Å². The highest BCUT2D eigenvalue weighted by molar-refractivity contribution is 6.06. The zero-order chi connectivity index (χ0) is 17.4. The summed E-state index contributed by atoms with van der Waals surface area (Å²) in [5.74, 6) is -0.261. The Morgan fingerprint density at radius 3 is 2.68 bits per heavy atom. The summed E-state index contributed by atoms with van der Waals surface area (Å²) < 4.78 is 0. The van der Waals surface area contributed by atoms with Crippen molar-refractivity contribution in [1.29, 1.82) is 0 Å². The van der Waals surface area contributed by atoms with E-state index in [1.165, 1.54) is 10.6 Å². The molecule has 1 aromatic heterocycles. The molecule has 4 rings (SSSR count). The number of aromatic nitrogens is 1.